The molecule has 1 aliphatic carbocycles. The van der Waals surface area contributed by atoms with Crippen LogP contribution >= 0.6 is 0 Å². The normalized spacial score (nSPS) is 11.0. The average molecular weight is 282 g/mol. The number of carboxylic acids is 1. The quantitative estimate of drug-likeness (QED) is 0.658. The molecule has 1 aliphatic heterocycles. The van der Waals surface area contributed by atoms with Gasteiger partial charge in [0.1, 0.15) is 11.3 Å². The summed E-state index contributed by atoms with van der Waals surface area (Å²) in [6.07, 6.45) is 0.0918. The second kappa shape index (κ2) is 4.94. The van der Waals surface area contributed by atoms with Gasteiger partial charge in [-0.05, 0) is 36.6 Å². The minimum Gasteiger partial charge on any atom is -0.872 e. The zero-order valence-electron chi connectivity index (χ0n) is 10.9. The first-order valence-electron chi connectivity index (χ1n) is 6.41. The smallest absolute Gasteiger partial charge is 0.182 e. The van der Waals surface area contributed by atoms with Crippen LogP contribution in [0.3, 0.4) is 0 Å². The molecule has 0 fully saturated rings. The van der Waals surface area contributed by atoms with E-state index in [9.17, 15) is 19.8 Å². The number of aliphatic carboxylic acids is 1. The molecule has 5 heteroatoms. The van der Waals surface area contributed by atoms with E-state index in [0.717, 1.165) is 5.56 Å². The molecule has 0 spiro atoms. The molecule has 0 atom stereocenters. The summed E-state index contributed by atoms with van der Waals surface area (Å²) >= 11 is 0. The third kappa shape index (κ3) is 2.45. The number of benzene rings is 2. The summed E-state index contributed by atoms with van der Waals surface area (Å²) in [5.74, 6) is -1.03. The molecule has 0 bridgehead atoms. The number of hydrogen-bond acceptors (Lipinski definition) is 5. The number of carboxylic acid groups (broad SMARTS) is 1. The Hall–Kier alpha value is -2.82. The Morgan fingerprint density at radius 3 is 2.71 bits per heavy atom. The number of hydrogen-bond donors (Lipinski definition) is 0. The number of aryl methyl sites for hydroxylation is 1. The molecule has 106 valence electrons. The van der Waals surface area contributed by atoms with Gasteiger partial charge in [0, 0.05) is 23.0 Å². The Morgan fingerprint density at radius 2 is 1.95 bits per heavy atom. The molecule has 1 aromatic carbocycles. The zero-order chi connectivity index (χ0) is 15.0. The van der Waals surface area contributed by atoms with Crippen LogP contribution in [0, 0.1) is 0 Å². The molecule has 21 heavy (non-hydrogen) atoms. The van der Waals surface area contributed by atoms with Crippen LogP contribution in [-0.2, 0) is 11.2 Å². The summed E-state index contributed by atoms with van der Waals surface area (Å²) in [5.41, 5.74) is 1.53. The molecule has 0 saturated carbocycles. The van der Waals surface area contributed by atoms with Crippen molar-refractivity contribution in [2.75, 3.05) is 0 Å². The molecule has 5 nitrogen and oxygen atoms in total. The Morgan fingerprint density at radius 1 is 1.14 bits per heavy atom. The van der Waals surface area contributed by atoms with Gasteiger partial charge in [-0.2, -0.15) is 0 Å². The van der Waals surface area contributed by atoms with E-state index in [1.165, 1.54) is 24.3 Å². The number of rotatable bonds is 3. The third-order valence-corrected chi connectivity index (χ3v) is 3.36. The van der Waals surface area contributed by atoms with Gasteiger partial charge in [0.2, 0.25) is 0 Å². The molecular formula is C16H10O5-2. The summed E-state index contributed by atoms with van der Waals surface area (Å²) < 4.78 is 5.59. The molecule has 2 aliphatic rings. The van der Waals surface area contributed by atoms with Crippen LogP contribution in [0.2, 0.25) is 0 Å². The molecule has 1 heterocycles. The average Bonchev–Trinajstić information content (AvgIpc) is 2.42. The minimum absolute atomic E-state index is 0.146. The molecule has 0 amide bonds. The summed E-state index contributed by atoms with van der Waals surface area (Å²) in [6, 6.07) is 8.67. The number of carbonyl (C=O) groups is 1. The molecule has 0 radical (unpaired) electrons. The third-order valence-electron chi connectivity index (χ3n) is 3.36. The first-order valence-corrected chi connectivity index (χ1v) is 6.41. The van der Waals surface area contributed by atoms with Crippen molar-refractivity contribution in [3.8, 4) is 17.1 Å². The van der Waals surface area contributed by atoms with Crippen molar-refractivity contribution in [3.05, 3.63) is 52.2 Å². The fourth-order valence-electron chi connectivity index (χ4n) is 2.43. The van der Waals surface area contributed by atoms with Crippen LogP contribution in [0.25, 0.3) is 22.3 Å². The molecule has 0 N–H and O–H groups in total. The predicted octanol–water partition coefficient (Wildman–Crippen LogP) is 0.654. The Kier molecular flexibility index (Phi) is 3.10. The Balaban J connectivity index is 2.32. The van der Waals surface area contributed by atoms with Gasteiger partial charge in [-0.1, -0.05) is 12.1 Å². The molecule has 0 unspecified atom stereocenters. The molecular weight excluding hydrogens is 272 g/mol. The SMILES string of the molecule is O=C([O-])CCc1c2ccc(=O)cc-2oc2cc([O-])ccc12. The van der Waals surface area contributed by atoms with Gasteiger partial charge in [-0.3, -0.25) is 4.79 Å². The van der Waals surface area contributed by atoms with Crippen molar-refractivity contribution in [2.45, 2.75) is 12.8 Å². The van der Waals surface area contributed by atoms with Gasteiger partial charge in [0.05, 0.1) is 0 Å². The largest absolute Gasteiger partial charge is 0.872 e. The fraction of sp³-hybridized carbons (Fsp3) is 0.125. The van der Waals surface area contributed by atoms with Crippen LogP contribution < -0.4 is 15.6 Å². The van der Waals surface area contributed by atoms with Gasteiger partial charge in [0.25, 0.3) is 0 Å². The fourth-order valence-corrected chi connectivity index (χ4v) is 2.43. The lowest BCUT2D eigenvalue weighted by Crippen LogP contribution is -2.22. The Bertz CT molecular complexity index is 862. The lowest BCUT2D eigenvalue weighted by molar-refractivity contribution is -0.305. The highest BCUT2D eigenvalue weighted by molar-refractivity contribution is 5.89. The van der Waals surface area contributed by atoms with Gasteiger partial charge < -0.3 is 19.4 Å². The van der Waals surface area contributed by atoms with E-state index in [0.29, 0.717) is 22.3 Å². The van der Waals surface area contributed by atoms with Crippen molar-refractivity contribution >= 4 is 16.9 Å². The summed E-state index contributed by atoms with van der Waals surface area (Å²) in [6.45, 7) is 0. The predicted molar refractivity (Wildman–Crippen MR) is 71.9 cm³/mol. The maximum atomic E-state index is 11.4. The van der Waals surface area contributed by atoms with E-state index >= 15 is 0 Å². The lowest BCUT2D eigenvalue weighted by atomic mass is 9.96. The highest BCUT2D eigenvalue weighted by Crippen LogP contribution is 2.34. The van der Waals surface area contributed by atoms with Crippen molar-refractivity contribution in [3.63, 3.8) is 0 Å². The van der Waals surface area contributed by atoms with Gasteiger partial charge in [0.15, 0.2) is 5.43 Å². The zero-order valence-corrected chi connectivity index (χ0v) is 10.9. The number of fused-ring (bicyclic) bond motifs is 2. The second-order valence-corrected chi connectivity index (χ2v) is 4.77. The van der Waals surface area contributed by atoms with Crippen LogP contribution in [0.15, 0.2) is 45.6 Å². The molecule has 3 rings (SSSR count). The maximum absolute atomic E-state index is 11.4. The highest BCUT2D eigenvalue weighted by atomic mass is 16.4. The van der Waals surface area contributed by atoms with Crippen molar-refractivity contribution in [1.29, 1.82) is 0 Å². The minimum atomic E-state index is -1.15. The molecule has 0 saturated heterocycles. The summed E-state index contributed by atoms with van der Waals surface area (Å²) in [5, 5.41) is 22.8. The van der Waals surface area contributed by atoms with E-state index in [1.54, 1.807) is 12.1 Å². The van der Waals surface area contributed by atoms with Crippen LogP contribution in [0.1, 0.15) is 12.0 Å². The van der Waals surface area contributed by atoms with Gasteiger partial charge >= 0.3 is 0 Å². The van der Waals surface area contributed by atoms with E-state index in [-0.39, 0.29) is 24.0 Å². The van der Waals surface area contributed by atoms with E-state index < -0.39 is 5.97 Å². The Labute approximate surface area is 119 Å². The summed E-state index contributed by atoms with van der Waals surface area (Å²) in [4.78, 5) is 22.2. The molecule has 1 aromatic rings. The monoisotopic (exact) mass is 282 g/mol. The van der Waals surface area contributed by atoms with Crippen LogP contribution in [0.5, 0.6) is 5.75 Å². The van der Waals surface area contributed by atoms with Crippen LogP contribution in [0.4, 0.5) is 0 Å². The van der Waals surface area contributed by atoms with E-state index in [4.69, 9.17) is 4.42 Å². The topological polar surface area (TPSA) is 93.4 Å². The van der Waals surface area contributed by atoms with Crippen molar-refractivity contribution in [2.24, 2.45) is 0 Å². The second-order valence-electron chi connectivity index (χ2n) is 4.77. The molecule has 0 aromatic heterocycles. The van der Waals surface area contributed by atoms with E-state index in [1.807, 2.05) is 0 Å². The van der Waals surface area contributed by atoms with Crippen molar-refractivity contribution in [1.82, 2.24) is 0 Å². The summed E-state index contributed by atoms with van der Waals surface area (Å²) in [7, 11) is 0. The lowest BCUT2D eigenvalue weighted by Gasteiger charge is -2.16. The first kappa shape index (κ1) is 13.2. The standard InChI is InChI=1S/C16H12O5/c17-9-1-3-12-11(5-6-16(19)20)13-4-2-10(18)8-15(13)21-14(12)7-9/h1-4,7-8,17H,5-6H2,(H,19,20)/p-2. The van der Waals surface area contributed by atoms with Gasteiger partial charge in [-0.15, -0.1) is 5.75 Å². The van der Waals surface area contributed by atoms with Crippen molar-refractivity contribution < 1.29 is 19.4 Å². The van der Waals surface area contributed by atoms with Gasteiger partial charge in [-0.25, -0.2) is 0 Å². The van der Waals surface area contributed by atoms with E-state index in [2.05, 4.69) is 0 Å². The van der Waals surface area contributed by atoms with Crippen LogP contribution in [-0.4, -0.2) is 5.97 Å². The first-order chi connectivity index (χ1) is 10.0. The number of carbonyl (C=O) groups excluding carboxylic acids is 1. The highest BCUT2D eigenvalue weighted by Gasteiger charge is 2.15. The maximum Gasteiger partial charge on any atom is 0.182 e.